The summed E-state index contributed by atoms with van der Waals surface area (Å²) in [7, 11) is 0. The Morgan fingerprint density at radius 2 is 2.38 bits per heavy atom. The molecule has 0 aliphatic heterocycles. The molecule has 0 fully saturated rings. The second-order valence-electron chi connectivity index (χ2n) is 3.20. The summed E-state index contributed by atoms with van der Waals surface area (Å²) >= 11 is 5.69. The number of halogens is 1. The lowest BCUT2D eigenvalue weighted by Crippen LogP contribution is -2.03. The molecule has 1 heterocycles. The van der Waals surface area contributed by atoms with Gasteiger partial charge in [-0.2, -0.15) is 5.26 Å². The van der Waals surface area contributed by atoms with E-state index in [0.717, 1.165) is 0 Å². The van der Waals surface area contributed by atoms with Gasteiger partial charge in [-0.15, -0.1) is 0 Å². The summed E-state index contributed by atoms with van der Waals surface area (Å²) in [5, 5.41) is 17.8. The van der Waals surface area contributed by atoms with E-state index in [1.165, 1.54) is 0 Å². The number of hydrogen-bond donors (Lipinski definition) is 2. The van der Waals surface area contributed by atoms with Gasteiger partial charge in [0, 0.05) is 5.56 Å². The highest BCUT2D eigenvalue weighted by atomic mass is 35.5. The number of carboxylic acid groups (broad SMARTS) is 1. The van der Waals surface area contributed by atoms with E-state index in [2.05, 4.69) is 9.97 Å². The number of nitrogens with zero attached hydrogens (tertiary/aromatic N) is 2. The lowest BCUT2D eigenvalue weighted by Gasteiger charge is -2.01. The smallest absolute Gasteiger partial charge is 0.307 e. The number of nitriles is 1. The quantitative estimate of drug-likeness (QED) is 0.829. The van der Waals surface area contributed by atoms with Gasteiger partial charge in [0.05, 0.1) is 29.1 Å². The van der Waals surface area contributed by atoms with E-state index < -0.39 is 5.97 Å². The number of aromatic amines is 1. The van der Waals surface area contributed by atoms with Gasteiger partial charge in [0.15, 0.2) is 0 Å². The molecule has 0 unspecified atom stereocenters. The molecule has 0 bridgehead atoms. The Morgan fingerprint density at radius 1 is 1.62 bits per heavy atom. The molecule has 80 valence electrons. The number of carboxylic acids is 1. The molecule has 0 amide bonds. The van der Waals surface area contributed by atoms with Crippen LogP contribution >= 0.6 is 11.6 Å². The average Bonchev–Trinajstić information content (AvgIpc) is 2.59. The number of H-pyrrole nitrogens is 1. The minimum absolute atomic E-state index is 0.178. The molecular formula is C10H6ClN3O2. The van der Waals surface area contributed by atoms with E-state index >= 15 is 0 Å². The second kappa shape index (κ2) is 3.83. The Bertz CT molecular complexity index is 612. The van der Waals surface area contributed by atoms with Crippen molar-refractivity contribution in [1.82, 2.24) is 9.97 Å². The molecular weight excluding hydrogens is 230 g/mol. The highest BCUT2D eigenvalue weighted by molar-refractivity contribution is 6.29. The number of hydrogen-bond acceptors (Lipinski definition) is 3. The Balaban J connectivity index is 2.73. The monoisotopic (exact) mass is 235 g/mol. The van der Waals surface area contributed by atoms with Crippen molar-refractivity contribution >= 4 is 28.6 Å². The molecule has 2 N–H and O–H groups in total. The van der Waals surface area contributed by atoms with Crippen molar-refractivity contribution in [2.45, 2.75) is 6.42 Å². The fourth-order valence-corrected chi connectivity index (χ4v) is 1.72. The van der Waals surface area contributed by atoms with Crippen LogP contribution < -0.4 is 0 Å². The van der Waals surface area contributed by atoms with Crippen molar-refractivity contribution in [3.8, 4) is 6.07 Å². The normalized spacial score (nSPS) is 10.2. The van der Waals surface area contributed by atoms with Crippen molar-refractivity contribution in [3.63, 3.8) is 0 Å². The summed E-state index contributed by atoms with van der Waals surface area (Å²) in [4.78, 5) is 17.5. The van der Waals surface area contributed by atoms with Crippen molar-refractivity contribution in [2.24, 2.45) is 0 Å². The minimum Gasteiger partial charge on any atom is -0.481 e. The lowest BCUT2D eigenvalue weighted by molar-refractivity contribution is -0.136. The molecule has 0 saturated heterocycles. The zero-order valence-electron chi connectivity index (χ0n) is 7.99. The van der Waals surface area contributed by atoms with Gasteiger partial charge in [-0.25, -0.2) is 4.98 Å². The van der Waals surface area contributed by atoms with E-state index in [1.54, 1.807) is 12.1 Å². The highest BCUT2D eigenvalue weighted by Gasteiger charge is 2.14. The number of nitrogens with one attached hydrogen (secondary N) is 1. The van der Waals surface area contributed by atoms with Gasteiger partial charge in [-0.05, 0) is 23.7 Å². The fraction of sp³-hybridized carbons (Fsp3) is 0.100. The predicted molar refractivity (Wildman–Crippen MR) is 57.2 cm³/mol. The molecule has 0 atom stereocenters. The third-order valence-electron chi connectivity index (χ3n) is 2.18. The number of aliphatic carboxylic acids is 1. The van der Waals surface area contributed by atoms with Crippen molar-refractivity contribution in [3.05, 3.63) is 28.5 Å². The van der Waals surface area contributed by atoms with Crippen LogP contribution in [0.25, 0.3) is 11.0 Å². The molecule has 0 radical (unpaired) electrons. The van der Waals surface area contributed by atoms with Crippen LogP contribution in [0, 0.1) is 11.3 Å². The number of aromatic nitrogens is 2. The molecule has 0 saturated carbocycles. The molecule has 0 aliphatic rings. The summed E-state index contributed by atoms with van der Waals surface area (Å²) in [5.41, 5.74) is 1.75. The summed E-state index contributed by atoms with van der Waals surface area (Å²) in [6.07, 6.45) is -0.249. The fourth-order valence-electron chi connectivity index (χ4n) is 1.54. The maximum Gasteiger partial charge on any atom is 0.307 e. The first-order valence-electron chi connectivity index (χ1n) is 4.41. The van der Waals surface area contributed by atoms with E-state index in [1.807, 2.05) is 6.07 Å². The number of benzene rings is 1. The van der Waals surface area contributed by atoms with Gasteiger partial charge in [-0.1, -0.05) is 0 Å². The maximum atomic E-state index is 10.7. The van der Waals surface area contributed by atoms with Crippen molar-refractivity contribution < 1.29 is 9.90 Å². The van der Waals surface area contributed by atoms with E-state index in [9.17, 15) is 4.79 Å². The molecule has 16 heavy (non-hydrogen) atoms. The Morgan fingerprint density at radius 3 is 3.00 bits per heavy atom. The molecule has 5 nitrogen and oxygen atoms in total. The number of rotatable bonds is 2. The number of imidazole rings is 1. The van der Waals surface area contributed by atoms with Crippen LogP contribution in [0.1, 0.15) is 11.1 Å². The van der Waals surface area contributed by atoms with Crippen LogP contribution in [0.5, 0.6) is 0 Å². The first-order chi connectivity index (χ1) is 7.61. The Labute approximate surface area is 95.3 Å². The summed E-state index contributed by atoms with van der Waals surface area (Å²) in [6.45, 7) is 0. The summed E-state index contributed by atoms with van der Waals surface area (Å²) in [5.74, 6) is -1.01. The number of fused-ring (bicyclic) bond motifs is 1. The van der Waals surface area contributed by atoms with Gasteiger partial charge >= 0.3 is 5.97 Å². The summed E-state index contributed by atoms with van der Waals surface area (Å²) in [6, 6.07) is 5.14. The molecule has 1 aromatic heterocycles. The first kappa shape index (κ1) is 10.5. The molecule has 0 aliphatic carbocycles. The Kier molecular flexibility index (Phi) is 2.50. The topological polar surface area (TPSA) is 89.8 Å². The highest BCUT2D eigenvalue weighted by Crippen LogP contribution is 2.22. The lowest BCUT2D eigenvalue weighted by atomic mass is 10.0. The van der Waals surface area contributed by atoms with Crippen LogP contribution in [-0.2, 0) is 11.2 Å². The van der Waals surface area contributed by atoms with E-state index in [-0.39, 0.29) is 11.7 Å². The predicted octanol–water partition coefficient (Wildman–Crippen LogP) is 1.72. The van der Waals surface area contributed by atoms with E-state index in [4.69, 9.17) is 22.0 Å². The van der Waals surface area contributed by atoms with Gasteiger partial charge in [0.25, 0.3) is 0 Å². The van der Waals surface area contributed by atoms with Crippen LogP contribution in [0.2, 0.25) is 5.28 Å². The molecule has 2 aromatic rings. The standard InChI is InChI=1S/C10H6ClN3O2/c11-10-13-7-2-1-5(4-12)6(3-8(15)16)9(7)14-10/h1-2H,3H2,(H,13,14)(H,15,16). The summed E-state index contributed by atoms with van der Waals surface area (Å²) < 4.78 is 0. The second-order valence-corrected chi connectivity index (χ2v) is 3.56. The maximum absolute atomic E-state index is 10.7. The molecule has 0 spiro atoms. The Hall–Kier alpha value is -2.06. The zero-order chi connectivity index (χ0) is 11.7. The van der Waals surface area contributed by atoms with Crippen LogP contribution in [0.4, 0.5) is 0 Å². The van der Waals surface area contributed by atoms with Crippen molar-refractivity contribution in [1.29, 1.82) is 5.26 Å². The van der Waals surface area contributed by atoms with Crippen LogP contribution in [0.15, 0.2) is 12.1 Å². The first-order valence-corrected chi connectivity index (χ1v) is 4.78. The number of carbonyl (C=O) groups is 1. The SMILES string of the molecule is N#Cc1ccc2[nH]c(Cl)nc2c1CC(=O)O. The van der Waals surface area contributed by atoms with E-state index in [0.29, 0.717) is 22.2 Å². The third-order valence-corrected chi connectivity index (χ3v) is 2.36. The van der Waals surface area contributed by atoms with Gasteiger partial charge in [-0.3, -0.25) is 4.79 Å². The average molecular weight is 236 g/mol. The molecule has 2 rings (SSSR count). The third kappa shape index (κ3) is 1.71. The van der Waals surface area contributed by atoms with Gasteiger partial charge < -0.3 is 10.1 Å². The van der Waals surface area contributed by atoms with Crippen LogP contribution in [-0.4, -0.2) is 21.0 Å². The van der Waals surface area contributed by atoms with Gasteiger partial charge in [0.1, 0.15) is 0 Å². The van der Waals surface area contributed by atoms with Gasteiger partial charge in [0.2, 0.25) is 5.28 Å². The molecule has 1 aromatic carbocycles. The zero-order valence-corrected chi connectivity index (χ0v) is 8.75. The minimum atomic E-state index is -1.01. The largest absolute Gasteiger partial charge is 0.481 e. The van der Waals surface area contributed by atoms with Crippen molar-refractivity contribution in [2.75, 3.05) is 0 Å². The molecule has 6 heteroatoms. The van der Waals surface area contributed by atoms with Crippen LogP contribution in [0.3, 0.4) is 0 Å².